The molecule has 0 saturated carbocycles. The van der Waals surface area contributed by atoms with Crippen LogP contribution in [0.3, 0.4) is 0 Å². The Bertz CT molecular complexity index is 1010. The number of amides is 2. The summed E-state index contributed by atoms with van der Waals surface area (Å²) in [4.78, 5) is 29.4. The minimum atomic E-state index is -0.143. The normalized spacial score (nSPS) is 11.9. The number of nitrogens with one attached hydrogen (secondary N) is 2. The van der Waals surface area contributed by atoms with Gasteiger partial charge in [-0.3, -0.25) is 14.2 Å². The monoisotopic (exact) mass is 410 g/mol. The minimum absolute atomic E-state index is 0.0977. The highest BCUT2D eigenvalue weighted by atomic mass is 32.1. The largest absolute Gasteiger partial charge is 0.350 e. The van der Waals surface area contributed by atoms with Crippen LogP contribution in [0.25, 0.3) is 5.13 Å². The van der Waals surface area contributed by atoms with Crippen LogP contribution in [-0.4, -0.2) is 27.4 Å². The molecule has 0 spiro atoms. The molecule has 3 aromatic rings. The standard InChI is InChI=1S/C22H26N4O2S/c1-5-14(2)25-20(27)18-8-6-7-17(12-18)13-24-21(28)19-11-15(3)26(16(19)4)22-23-9-10-29-22/h6-12,14H,5,13H2,1-4H3,(H,24,28)(H,25,27). The van der Waals surface area contributed by atoms with Crippen LogP contribution in [0.1, 0.15) is 57.9 Å². The first kappa shape index (κ1) is 20.8. The first-order valence-electron chi connectivity index (χ1n) is 9.67. The van der Waals surface area contributed by atoms with Gasteiger partial charge in [0.2, 0.25) is 0 Å². The Labute approximate surface area is 175 Å². The number of nitrogens with zero attached hydrogens (tertiary/aromatic N) is 2. The van der Waals surface area contributed by atoms with Gasteiger partial charge in [-0.2, -0.15) is 0 Å². The summed E-state index contributed by atoms with van der Waals surface area (Å²) in [6.07, 6.45) is 2.63. The van der Waals surface area contributed by atoms with Crippen molar-refractivity contribution in [2.24, 2.45) is 0 Å². The highest BCUT2D eigenvalue weighted by Crippen LogP contribution is 2.22. The highest BCUT2D eigenvalue weighted by molar-refractivity contribution is 7.12. The summed E-state index contributed by atoms with van der Waals surface area (Å²) in [5, 5.41) is 8.68. The van der Waals surface area contributed by atoms with Gasteiger partial charge >= 0.3 is 0 Å². The lowest BCUT2D eigenvalue weighted by Gasteiger charge is -2.12. The van der Waals surface area contributed by atoms with Crippen molar-refractivity contribution in [2.75, 3.05) is 0 Å². The Morgan fingerprint density at radius 2 is 2.00 bits per heavy atom. The molecule has 6 nitrogen and oxygen atoms in total. The van der Waals surface area contributed by atoms with E-state index in [2.05, 4.69) is 15.6 Å². The van der Waals surface area contributed by atoms with Crippen LogP contribution in [0.2, 0.25) is 0 Å². The Balaban J connectivity index is 1.70. The number of aryl methyl sites for hydroxylation is 1. The summed E-state index contributed by atoms with van der Waals surface area (Å²) >= 11 is 1.53. The first-order valence-corrected chi connectivity index (χ1v) is 10.6. The van der Waals surface area contributed by atoms with E-state index < -0.39 is 0 Å². The van der Waals surface area contributed by atoms with Crippen molar-refractivity contribution in [3.63, 3.8) is 0 Å². The van der Waals surface area contributed by atoms with Crippen molar-refractivity contribution < 1.29 is 9.59 Å². The average Bonchev–Trinajstić information content (AvgIpc) is 3.33. The molecule has 0 aliphatic rings. The van der Waals surface area contributed by atoms with E-state index in [1.54, 1.807) is 12.3 Å². The molecule has 2 N–H and O–H groups in total. The molecule has 1 atom stereocenters. The molecule has 3 rings (SSSR count). The van der Waals surface area contributed by atoms with Gasteiger partial charge in [0.1, 0.15) is 0 Å². The predicted octanol–water partition coefficient (Wildman–Crippen LogP) is 4.01. The summed E-state index contributed by atoms with van der Waals surface area (Å²) in [5.74, 6) is -0.241. The molecular weight excluding hydrogens is 384 g/mol. The zero-order valence-corrected chi connectivity index (χ0v) is 18.0. The quantitative estimate of drug-likeness (QED) is 0.618. The van der Waals surface area contributed by atoms with Crippen molar-refractivity contribution >= 4 is 23.2 Å². The van der Waals surface area contributed by atoms with E-state index in [1.807, 2.05) is 61.9 Å². The Kier molecular flexibility index (Phi) is 6.49. The van der Waals surface area contributed by atoms with Gasteiger partial charge in [0.25, 0.3) is 11.8 Å². The van der Waals surface area contributed by atoms with Crippen LogP contribution in [-0.2, 0) is 6.54 Å². The maximum absolute atomic E-state index is 12.8. The lowest BCUT2D eigenvalue weighted by molar-refractivity contribution is 0.0936. The number of aromatic nitrogens is 2. The van der Waals surface area contributed by atoms with E-state index in [-0.39, 0.29) is 17.9 Å². The summed E-state index contributed by atoms with van der Waals surface area (Å²) in [6, 6.07) is 9.34. The number of thiazole rings is 1. The van der Waals surface area contributed by atoms with Crippen molar-refractivity contribution in [1.29, 1.82) is 0 Å². The molecule has 0 aliphatic carbocycles. The molecule has 0 bridgehead atoms. The second-order valence-electron chi connectivity index (χ2n) is 7.10. The molecule has 1 aromatic carbocycles. The molecule has 0 aliphatic heterocycles. The number of hydrogen-bond donors (Lipinski definition) is 2. The van der Waals surface area contributed by atoms with Crippen LogP contribution in [0.15, 0.2) is 41.9 Å². The maximum atomic E-state index is 12.8. The van der Waals surface area contributed by atoms with Crippen LogP contribution >= 0.6 is 11.3 Å². The number of hydrogen-bond acceptors (Lipinski definition) is 4. The molecule has 152 valence electrons. The molecular formula is C22H26N4O2S. The van der Waals surface area contributed by atoms with E-state index >= 15 is 0 Å². The number of rotatable bonds is 7. The third-order valence-electron chi connectivity index (χ3n) is 4.92. The number of benzene rings is 1. The molecule has 0 fully saturated rings. The molecule has 29 heavy (non-hydrogen) atoms. The lowest BCUT2D eigenvalue weighted by Crippen LogP contribution is -2.32. The van der Waals surface area contributed by atoms with Crippen LogP contribution < -0.4 is 10.6 Å². The van der Waals surface area contributed by atoms with Gasteiger partial charge in [-0.25, -0.2) is 4.98 Å². The zero-order valence-electron chi connectivity index (χ0n) is 17.2. The lowest BCUT2D eigenvalue weighted by atomic mass is 10.1. The van der Waals surface area contributed by atoms with Crippen LogP contribution in [0.5, 0.6) is 0 Å². The van der Waals surface area contributed by atoms with E-state index in [1.165, 1.54) is 11.3 Å². The molecule has 0 radical (unpaired) electrons. The highest BCUT2D eigenvalue weighted by Gasteiger charge is 2.17. The smallest absolute Gasteiger partial charge is 0.253 e. The van der Waals surface area contributed by atoms with Crippen molar-refractivity contribution in [2.45, 2.75) is 46.7 Å². The summed E-state index contributed by atoms with van der Waals surface area (Å²) in [5.41, 5.74) is 3.93. The third kappa shape index (κ3) is 4.74. The number of carbonyl (C=O) groups is 2. The summed E-state index contributed by atoms with van der Waals surface area (Å²) in [7, 11) is 0. The third-order valence-corrected chi connectivity index (χ3v) is 5.68. The van der Waals surface area contributed by atoms with Gasteiger partial charge < -0.3 is 10.6 Å². The van der Waals surface area contributed by atoms with Crippen LogP contribution in [0.4, 0.5) is 0 Å². The second kappa shape index (κ2) is 9.05. The fraction of sp³-hybridized carbons (Fsp3) is 0.318. The minimum Gasteiger partial charge on any atom is -0.350 e. The second-order valence-corrected chi connectivity index (χ2v) is 7.97. The Morgan fingerprint density at radius 1 is 1.21 bits per heavy atom. The van der Waals surface area contributed by atoms with Crippen molar-refractivity contribution in [1.82, 2.24) is 20.2 Å². The maximum Gasteiger partial charge on any atom is 0.253 e. The zero-order chi connectivity index (χ0) is 21.0. The topological polar surface area (TPSA) is 76.0 Å². The molecule has 0 saturated heterocycles. The molecule has 2 amide bonds. The molecule has 1 unspecified atom stereocenters. The Morgan fingerprint density at radius 3 is 2.69 bits per heavy atom. The van der Waals surface area contributed by atoms with Gasteiger partial charge in [0, 0.05) is 41.1 Å². The van der Waals surface area contributed by atoms with Crippen LogP contribution in [0, 0.1) is 13.8 Å². The van der Waals surface area contributed by atoms with Gasteiger partial charge in [-0.1, -0.05) is 19.1 Å². The van der Waals surface area contributed by atoms with E-state index in [9.17, 15) is 9.59 Å². The summed E-state index contributed by atoms with van der Waals surface area (Å²) < 4.78 is 1.99. The average molecular weight is 411 g/mol. The summed E-state index contributed by atoms with van der Waals surface area (Å²) in [6.45, 7) is 8.24. The number of carbonyl (C=O) groups excluding carboxylic acids is 2. The van der Waals surface area contributed by atoms with E-state index in [0.29, 0.717) is 17.7 Å². The predicted molar refractivity (Wildman–Crippen MR) is 116 cm³/mol. The fourth-order valence-corrected chi connectivity index (χ4v) is 3.87. The van der Waals surface area contributed by atoms with Gasteiger partial charge in [0.05, 0.1) is 5.56 Å². The molecule has 2 heterocycles. The Hall–Kier alpha value is -2.93. The van der Waals surface area contributed by atoms with Crippen molar-refractivity contribution in [3.8, 4) is 5.13 Å². The van der Waals surface area contributed by atoms with Crippen molar-refractivity contribution in [3.05, 3.63) is 70.0 Å². The van der Waals surface area contributed by atoms with Gasteiger partial charge in [0.15, 0.2) is 5.13 Å². The molecule has 2 aromatic heterocycles. The van der Waals surface area contributed by atoms with Gasteiger partial charge in [-0.15, -0.1) is 11.3 Å². The van der Waals surface area contributed by atoms with E-state index in [0.717, 1.165) is 28.5 Å². The van der Waals surface area contributed by atoms with E-state index in [4.69, 9.17) is 0 Å². The molecule has 7 heteroatoms. The fourth-order valence-electron chi connectivity index (χ4n) is 3.12. The SMILES string of the molecule is CCC(C)NC(=O)c1cccc(CNC(=O)c2cc(C)n(-c3nccs3)c2C)c1. The first-order chi connectivity index (χ1) is 13.9. The van der Waals surface area contributed by atoms with Gasteiger partial charge in [-0.05, 0) is 51.0 Å².